The minimum Gasteiger partial charge on any atom is -0.387 e. The van der Waals surface area contributed by atoms with E-state index in [9.17, 15) is 18.3 Å². The van der Waals surface area contributed by atoms with Crippen molar-refractivity contribution < 1.29 is 18.3 Å². The SMILES string of the molecule is CC1CCC(CNCC(O)c2ccc(C(F)(F)F)cc2)C1. The van der Waals surface area contributed by atoms with E-state index in [4.69, 9.17) is 0 Å². The summed E-state index contributed by atoms with van der Waals surface area (Å²) in [5.74, 6) is 1.43. The number of alkyl halides is 3. The zero-order valence-corrected chi connectivity index (χ0v) is 12.2. The Balaban J connectivity index is 1.79. The van der Waals surface area contributed by atoms with E-state index in [-0.39, 0.29) is 0 Å². The molecular weight excluding hydrogens is 279 g/mol. The third-order valence-electron chi connectivity index (χ3n) is 4.20. The Morgan fingerprint density at radius 1 is 1.24 bits per heavy atom. The Kier molecular flexibility index (Phi) is 5.27. The van der Waals surface area contributed by atoms with Gasteiger partial charge in [0.2, 0.25) is 0 Å². The first-order valence-corrected chi connectivity index (χ1v) is 7.42. The van der Waals surface area contributed by atoms with Gasteiger partial charge in [0, 0.05) is 6.54 Å². The summed E-state index contributed by atoms with van der Waals surface area (Å²) in [5, 5.41) is 13.2. The van der Waals surface area contributed by atoms with Crippen molar-refractivity contribution in [2.24, 2.45) is 11.8 Å². The van der Waals surface area contributed by atoms with Crippen molar-refractivity contribution in [2.75, 3.05) is 13.1 Å². The molecule has 0 saturated heterocycles. The van der Waals surface area contributed by atoms with E-state index < -0.39 is 17.8 Å². The Bertz CT molecular complexity index is 444. The van der Waals surface area contributed by atoms with Crippen molar-refractivity contribution in [3.05, 3.63) is 35.4 Å². The molecule has 2 rings (SSSR count). The highest BCUT2D eigenvalue weighted by atomic mass is 19.4. The van der Waals surface area contributed by atoms with Gasteiger partial charge in [-0.05, 0) is 48.9 Å². The summed E-state index contributed by atoms with van der Waals surface area (Å²) >= 11 is 0. The quantitative estimate of drug-likeness (QED) is 0.868. The third-order valence-corrected chi connectivity index (χ3v) is 4.20. The topological polar surface area (TPSA) is 32.3 Å². The maximum Gasteiger partial charge on any atom is 0.416 e. The zero-order chi connectivity index (χ0) is 15.5. The Hall–Kier alpha value is -1.07. The number of benzene rings is 1. The molecule has 5 heteroatoms. The highest BCUT2D eigenvalue weighted by Gasteiger charge is 2.30. The van der Waals surface area contributed by atoms with Gasteiger partial charge in [-0.3, -0.25) is 0 Å². The normalized spacial score (nSPS) is 24.2. The fourth-order valence-corrected chi connectivity index (χ4v) is 2.95. The Morgan fingerprint density at radius 2 is 1.90 bits per heavy atom. The van der Waals surface area contributed by atoms with Gasteiger partial charge in [0.05, 0.1) is 11.7 Å². The summed E-state index contributed by atoms with van der Waals surface area (Å²) in [4.78, 5) is 0. The molecule has 1 aliphatic rings. The zero-order valence-electron chi connectivity index (χ0n) is 12.2. The lowest BCUT2D eigenvalue weighted by molar-refractivity contribution is -0.137. The molecule has 3 unspecified atom stereocenters. The number of aliphatic hydroxyl groups is 1. The molecular formula is C16H22F3NO. The van der Waals surface area contributed by atoms with Crippen molar-refractivity contribution in [3.63, 3.8) is 0 Å². The Labute approximate surface area is 123 Å². The first-order chi connectivity index (χ1) is 9.86. The second kappa shape index (κ2) is 6.79. The summed E-state index contributed by atoms with van der Waals surface area (Å²) in [6.45, 7) is 3.48. The Morgan fingerprint density at radius 3 is 2.43 bits per heavy atom. The molecule has 0 aromatic heterocycles. The smallest absolute Gasteiger partial charge is 0.387 e. The minimum absolute atomic E-state index is 0.371. The van der Waals surface area contributed by atoms with Gasteiger partial charge >= 0.3 is 6.18 Å². The van der Waals surface area contributed by atoms with Crippen LogP contribution in [0.1, 0.15) is 43.4 Å². The lowest BCUT2D eigenvalue weighted by Gasteiger charge is -2.16. The summed E-state index contributed by atoms with van der Waals surface area (Å²) < 4.78 is 37.4. The van der Waals surface area contributed by atoms with Crippen LogP contribution in [0.5, 0.6) is 0 Å². The van der Waals surface area contributed by atoms with E-state index in [0.29, 0.717) is 18.0 Å². The van der Waals surface area contributed by atoms with Crippen molar-refractivity contribution in [1.29, 1.82) is 0 Å². The largest absolute Gasteiger partial charge is 0.416 e. The van der Waals surface area contributed by atoms with Crippen molar-refractivity contribution in [3.8, 4) is 0 Å². The average molecular weight is 301 g/mol. The maximum absolute atomic E-state index is 12.5. The maximum atomic E-state index is 12.5. The molecule has 2 nitrogen and oxygen atoms in total. The molecule has 0 amide bonds. The monoisotopic (exact) mass is 301 g/mol. The molecule has 2 N–H and O–H groups in total. The van der Waals surface area contributed by atoms with E-state index in [1.165, 1.54) is 31.4 Å². The summed E-state index contributed by atoms with van der Waals surface area (Å²) in [5.41, 5.74) is -0.179. The molecule has 1 aromatic rings. The first-order valence-electron chi connectivity index (χ1n) is 7.42. The predicted molar refractivity (Wildman–Crippen MR) is 75.8 cm³/mol. The van der Waals surface area contributed by atoms with Crippen LogP contribution in [0.15, 0.2) is 24.3 Å². The van der Waals surface area contributed by atoms with Crippen LogP contribution in [0.3, 0.4) is 0 Å². The van der Waals surface area contributed by atoms with Crippen LogP contribution >= 0.6 is 0 Å². The molecule has 0 spiro atoms. The van der Waals surface area contributed by atoms with E-state index in [1.54, 1.807) is 0 Å². The fourth-order valence-electron chi connectivity index (χ4n) is 2.95. The predicted octanol–water partition coefficient (Wildman–Crippen LogP) is 3.76. The van der Waals surface area contributed by atoms with E-state index in [0.717, 1.165) is 24.6 Å². The lowest BCUT2D eigenvalue weighted by Crippen LogP contribution is -2.26. The number of hydrogen-bond acceptors (Lipinski definition) is 2. The second-order valence-corrected chi connectivity index (χ2v) is 6.08. The van der Waals surface area contributed by atoms with Crippen LogP contribution in [0.25, 0.3) is 0 Å². The molecule has 1 saturated carbocycles. The molecule has 1 aliphatic carbocycles. The van der Waals surface area contributed by atoms with Gasteiger partial charge in [-0.15, -0.1) is 0 Å². The molecule has 0 aliphatic heterocycles. The minimum atomic E-state index is -4.33. The van der Waals surface area contributed by atoms with Crippen molar-refractivity contribution >= 4 is 0 Å². The first kappa shape index (κ1) is 16.3. The summed E-state index contributed by atoms with van der Waals surface area (Å²) in [6, 6.07) is 4.70. The van der Waals surface area contributed by atoms with Gasteiger partial charge in [-0.2, -0.15) is 13.2 Å². The number of nitrogens with one attached hydrogen (secondary N) is 1. The van der Waals surface area contributed by atoms with Gasteiger partial charge in [0.25, 0.3) is 0 Å². The van der Waals surface area contributed by atoms with Crippen molar-refractivity contribution in [1.82, 2.24) is 5.32 Å². The fraction of sp³-hybridized carbons (Fsp3) is 0.625. The molecule has 21 heavy (non-hydrogen) atoms. The van der Waals surface area contributed by atoms with Crippen molar-refractivity contribution in [2.45, 2.75) is 38.5 Å². The number of hydrogen-bond donors (Lipinski definition) is 2. The molecule has 3 atom stereocenters. The molecule has 1 aromatic carbocycles. The van der Waals surface area contributed by atoms with Crippen LogP contribution < -0.4 is 5.32 Å². The van der Waals surface area contributed by atoms with Crippen LogP contribution in [0, 0.1) is 11.8 Å². The standard InChI is InChI=1S/C16H22F3NO/c1-11-2-3-12(8-11)9-20-10-15(21)13-4-6-14(7-5-13)16(17,18)19/h4-7,11-12,15,20-21H,2-3,8-10H2,1H3. The molecule has 0 bridgehead atoms. The van der Waals surface area contributed by atoms with Gasteiger partial charge in [0.1, 0.15) is 0 Å². The van der Waals surface area contributed by atoms with E-state index in [2.05, 4.69) is 12.2 Å². The molecule has 0 heterocycles. The summed E-state index contributed by atoms with van der Waals surface area (Å²) in [6.07, 6.45) is -1.42. The van der Waals surface area contributed by atoms with Crippen LogP contribution in [-0.2, 0) is 6.18 Å². The van der Waals surface area contributed by atoms with Crippen LogP contribution in [0.4, 0.5) is 13.2 Å². The average Bonchev–Trinajstić information content (AvgIpc) is 2.83. The highest BCUT2D eigenvalue weighted by molar-refractivity contribution is 5.26. The lowest BCUT2D eigenvalue weighted by atomic mass is 10.0. The number of aliphatic hydroxyl groups excluding tert-OH is 1. The van der Waals surface area contributed by atoms with Gasteiger partial charge < -0.3 is 10.4 Å². The summed E-state index contributed by atoms with van der Waals surface area (Å²) in [7, 11) is 0. The van der Waals surface area contributed by atoms with E-state index >= 15 is 0 Å². The second-order valence-electron chi connectivity index (χ2n) is 6.08. The van der Waals surface area contributed by atoms with E-state index in [1.807, 2.05) is 0 Å². The van der Waals surface area contributed by atoms with Gasteiger partial charge in [0.15, 0.2) is 0 Å². The molecule has 1 fully saturated rings. The highest BCUT2D eigenvalue weighted by Crippen LogP contribution is 2.30. The van der Waals surface area contributed by atoms with Gasteiger partial charge in [-0.1, -0.05) is 25.5 Å². The molecule has 118 valence electrons. The number of rotatable bonds is 5. The molecule has 0 radical (unpaired) electrons. The van der Waals surface area contributed by atoms with Crippen LogP contribution in [0.2, 0.25) is 0 Å². The number of halogens is 3. The van der Waals surface area contributed by atoms with Crippen LogP contribution in [-0.4, -0.2) is 18.2 Å². The third kappa shape index (κ3) is 4.71. The van der Waals surface area contributed by atoms with Gasteiger partial charge in [-0.25, -0.2) is 0 Å².